The number of aliphatic hydroxyl groups excluding tert-OH is 1. The maximum atomic E-state index is 13.4. The molecule has 1 aliphatic heterocycles. The Balaban J connectivity index is 1.06. The summed E-state index contributed by atoms with van der Waals surface area (Å²) >= 11 is 7.21. The number of aromatic nitrogens is 5. The predicted molar refractivity (Wildman–Crippen MR) is 248 cm³/mol. The van der Waals surface area contributed by atoms with Crippen LogP contribution in [0.3, 0.4) is 0 Å². The van der Waals surface area contributed by atoms with Gasteiger partial charge in [0, 0.05) is 73.9 Å². The van der Waals surface area contributed by atoms with Gasteiger partial charge in [-0.3, -0.25) is 14.4 Å². The molecule has 7 aromatic rings. The molecule has 3 aromatic heterocycles. The zero-order valence-corrected chi connectivity index (χ0v) is 38.3. The van der Waals surface area contributed by atoms with Crippen LogP contribution in [0.1, 0.15) is 72.3 Å². The number of carboxylic acid groups (broad SMARTS) is 1. The van der Waals surface area contributed by atoms with Gasteiger partial charge in [-0.2, -0.15) is 5.10 Å². The van der Waals surface area contributed by atoms with Crippen molar-refractivity contribution in [1.29, 1.82) is 0 Å². The van der Waals surface area contributed by atoms with Gasteiger partial charge in [-0.25, -0.2) is 9.78 Å². The normalized spacial score (nSPS) is 14.2. The van der Waals surface area contributed by atoms with E-state index in [1.807, 2.05) is 82.7 Å². The van der Waals surface area contributed by atoms with Crippen molar-refractivity contribution in [3.8, 4) is 22.6 Å². The number of hydrogen-bond donors (Lipinski definition) is 3. The molecular formula is C49H56ClN7O7. The van der Waals surface area contributed by atoms with Crippen LogP contribution in [0.25, 0.3) is 43.8 Å². The molecule has 0 radical (unpaired) electrons. The summed E-state index contributed by atoms with van der Waals surface area (Å²) in [5, 5.41) is 30.6. The van der Waals surface area contributed by atoms with Gasteiger partial charge in [0.15, 0.2) is 12.9 Å². The van der Waals surface area contributed by atoms with Crippen LogP contribution in [0.15, 0.2) is 66.7 Å². The molecule has 4 aromatic carbocycles. The number of benzene rings is 4. The first-order valence-corrected chi connectivity index (χ1v) is 22.1. The highest BCUT2D eigenvalue weighted by molar-refractivity contribution is 6.35. The summed E-state index contributed by atoms with van der Waals surface area (Å²) in [5.74, 6) is 0.102. The number of nitrogens with zero attached hydrogens (tertiary/aromatic N) is 6. The standard InChI is InChI=1S/C49H56ClN7O7/c1-29-41(30(2)54(7)53-29)42-36(50)18-17-35-34(15-11-27-62-38-16-10-13-32-12-8-9-14-33(32)38)46(48(61)64-49(4,5)6)57(45(35)42)26-23-55-21-24-56(25-22-55)40(58)28-63-39-20-19-37-44(43(39)47(59)60)52-31(3)51-37/h8-10,12-14,16-20,48,61H,11,15,21-28H2,1-7H3,(H,51,52)(H,59,60). The lowest BCUT2D eigenvalue weighted by molar-refractivity contribution is -0.173. The van der Waals surface area contributed by atoms with Crippen LogP contribution in [0, 0.1) is 20.8 Å². The number of rotatable bonds is 15. The fraction of sp³-hybridized carbons (Fsp3) is 0.388. The molecule has 1 aliphatic rings. The molecule has 1 fully saturated rings. The number of halogens is 1. The van der Waals surface area contributed by atoms with E-state index in [0.717, 1.165) is 55.5 Å². The van der Waals surface area contributed by atoms with Crippen LogP contribution in [-0.4, -0.2) is 108 Å². The van der Waals surface area contributed by atoms with Crippen molar-refractivity contribution in [2.45, 2.75) is 72.8 Å². The third-order valence-corrected chi connectivity index (χ3v) is 12.3. The van der Waals surface area contributed by atoms with Crippen LogP contribution in [0.5, 0.6) is 11.5 Å². The highest BCUT2D eigenvalue weighted by Gasteiger charge is 2.31. The van der Waals surface area contributed by atoms with E-state index in [-0.39, 0.29) is 29.3 Å². The van der Waals surface area contributed by atoms with Crippen LogP contribution in [0.4, 0.5) is 0 Å². The Morgan fingerprint density at radius 1 is 0.891 bits per heavy atom. The summed E-state index contributed by atoms with van der Waals surface area (Å²) in [5.41, 5.74) is 6.30. The minimum absolute atomic E-state index is 0.0786. The minimum atomic E-state index is -1.25. The van der Waals surface area contributed by atoms with Crippen molar-refractivity contribution in [3.63, 3.8) is 0 Å². The molecular weight excluding hydrogens is 834 g/mol. The number of hydrogen-bond acceptors (Lipinski definition) is 9. The number of carbonyl (C=O) groups excluding carboxylic acids is 1. The van der Waals surface area contributed by atoms with Crippen LogP contribution in [-0.2, 0) is 29.5 Å². The summed E-state index contributed by atoms with van der Waals surface area (Å²) < 4.78 is 22.6. The fourth-order valence-electron chi connectivity index (χ4n) is 9.01. The molecule has 0 bridgehead atoms. The molecule has 1 atom stereocenters. The number of piperazine rings is 1. The number of fused-ring (bicyclic) bond motifs is 3. The van der Waals surface area contributed by atoms with Gasteiger partial charge in [0.2, 0.25) is 0 Å². The number of aryl methyl sites for hydroxylation is 4. The maximum absolute atomic E-state index is 13.4. The highest BCUT2D eigenvalue weighted by Crippen LogP contribution is 2.44. The van der Waals surface area contributed by atoms with Crippen LogP contribution in [0.2, 0.25) is 5.02 Å². The molecule has 0 spiro atoms. The number of H-pyrrole nitrogens is 1. The Morgan fingerprint density at radius 2 is 1.64 bits per heavy atom. The first kappa shape index (κ1) is 44.7. The first-order valence-electron chi connectivity index (χ1n) is 21.8. The Labute approximate surface area is 377 Å². The largest absolute Gasteiger partial charge is 0.493 e. The molecule has 1 amide bonds. The summed E-state index contributed by atoms with van der Waals surface area (Å²) in [6.07, 6.45) is 0.0272. The lowest BCUT2D eigenvalue weighted by Gasteiger charge is -2.35. The summed E-state index contributed by atoms with van der Waals surface area (Å²) in [4.78, 5) is 37.0. The van der Waals surface area contributed by atoms with Gasteiger partial charge < -0.3 is 38.9 Å². The number of imidazole rings is 1. The van der Waals surface area contributed by atoms with E-state index >= 15 is 0 Å². The molecule has 15 heteroatoms. The Kier molecular flexibility index (Phi) is 12.8. The number of nitrogens with one attached hydrogen (secondary N) is 1. The van der Waals surface area contributed by atoms with Crippen LogP contribution >= 0.6 is 11.6 Å². The fourth-order valence-corrected chi connectivity index (χ4v) is 9.25. The van der Waals surface area contributed by atoms with Crippen molar-refractivity contribution in [1.82, 2.24) is 34.1 Å². The SMILES string of the molecule is Cc1nc2c(C(=O)O)c(OCC(=O)N3CCN(CCn4c(C(O)OC(C)(C)C)c(CCCOc5cccc6ccccc56)c5ccc(Cl)c(-c6c(C)nn(C)c6C)c54)CC3)ccc2[nH]1. The predicted octanol–water partition coefficient (Wildman–Crippen LogP) is 8.39. The van der Waals surface area contributed by atoms with Crippen LogP contribution < -0.4 is 9.47 Å². The van der Waals surface area contributed by atoms with E-state index in [1.165, 1.54) is 0 Å². The van der Waals surface area contributed by atoms with Crippen molar-refractivity contribution in [2.75, 3.05) is 45.9 Å². The molecule has 1 unspecified atom stereocenters. The number of amides is 1. The molecule has 64 heavy (non-hydrogen) atoms. The number of carbonyl (C=O) groups is 2. The Hall–Kier alpha value is -5.93. The molecule has 1 saturated heterocycles. The molecule has 14 nitrogen and oxygen atoms in total. The topological polar surface area (TPSA) is 160 Å². The molecule has 0 aliphatic carbocycles. The second-order valence-electron chi connectivity index (χ2n) is 17.5. The number of ether oxygens (including phenoxy) is 3. The van der Waals surface area contributed by atoms with E-state index in [9.17, 15) is 19.8 Å². The summed E-state index contributed by atoms with van der Waals surface area (Å²) in [6.45, 7) is 15.0. The zero-order valence-electron chi connectivity index (χ0n) is 37.5. The monoisotopic (exact) mass is 889 g/mol. The van der Waals surface area contributed by atoms with Crippen molar-refractivity contribution in [2.24, 2.45) is 7.05 Å². The van der Waals surface area contributed by atoms with E-state index in [4.69, 9.17) is 30.9 Å². The second kappa shape index (κ2) is 18.3. The quantitative estimate of drug-likeness (QED) is 0.0674. The first-order chi connectivity index (χ1) is 30.6. The number of aliphatic hydroxyl groups is 1. The molecule has 336 valence electrons. The highest BCUT2D eigenvalue weighted by atomic mass is 35.5. The summed E-state index contributed by atoms with van der Waals surface area (Å²) in [7, 11) is 1.93. The molecule has 4 heterocycles. The third kappa shape index (κ3) is 9.05. The van der Waals surface area contributed by atoms with Crippen molar-refractivity contribution >= 4 is 56.2 Å². The smallest absolute Gasteiger partial charge is 0.341 e. The van der Waals surface area contributed by atoms with E-state index in [1.54, 1.807) is 24.0 Å². The third-order valence-electron chi connectivity index (χ3n) is 12.0. The van der Waals surface area contributed by atoms with Gasteiger partial charge in [-0.1, -0.05) is 54.1 Å². The number of aromatic amines is 1. The minimum Gasteiger partial charge on any atom is -0.493 e. The lowest BCUT2D eigenvalue weighted by atomic mass is 9.98. The number of aromatic carboxylic acids is 1. The molecule has 0 saturated carbocycles. The molecule has 8 rings (SSSR count). The lowest BCUT2D eigenvalue weighted by Crippen LogP contribution is -2.50. The van der Waals surface area contributed by atoms with Gasteiger partial charge in [0.05, 0.1) is 39.7 Å². The average molecular weight is 890 g/mol. The van der Waals surface area contributed by atoms with Gasteiger partial charge in [-0.05, 0) is 89.6 Å². The number of carboxylic acids is 1. The maximum Gasteiger partial charge on any atom is 0.341 e. The average Bonchev–Trinajstić information content (AvgIpc) is 3.88. The second-order valence-corrected chi connectivity index (χ2v) is 17.9. The van der Waals surface area contributed by atoms with Gasteiger partial charge in [0.1, 0.15) is 28.4 Å². The van der Waals surface area contributed by atoms with Crippen molar-refractivity contribution < 1.29 is 34.0 Å². The van der Waals surface area contributed by atoms with Crippen molar-refractivity contribution in [3.05, 3.63) is 106 Å². The van der Waals surface area contributed by atoms with E-state index < -0.39 is 17.9 Å². The zero-order chi connectivity index (χ0) is 45.4. The molecule has 3 N–H and O–H groups in total. The van der Waals surface area contributed by atoms with Gasteiger partial charge >= 0.3 is 5.97 Å². The Bertz CT molecular complexity index is 2860. The van der Waals surface area contributed by atoms with Gasteiger partial charge in [0.25, 0.3) is 5.91 Å². The summed E-state index contributed by atoms with van der Waals surface area (Å²) in [6, 6.07) is 21.5. The van der Waals surface area contributed by atoms with Gasteiger partial charge in [-0.15, -0.1) is 0 Å². The van der Waals surface area contributed by atoms with E-state index in [0.29, 0.717) is 80.8 Å². The Morgan fingerprint density at radius 3 is 2.36 bits per heavy atom. The van der Waals surface area contributed by atoms with E-state index in [2.05, 4.69) is 37.6 Å².